The maximum atomic E-state index is 2.59. The summed E-state index contributed by atoms with van der Waals surface area (Å²) in [6.45, 7) is 2.57. The van der Waals surface area contributed by atoms with Gasteiger partial charge in [0.25, 0.3) is 0 Å². The molecule has 2 atom stereocenters. The van der Waals surface area contributed by atoms with Crippen LogP contribution in [0.5, 0.6) is 0 Å². The molecule has 2 aliphatic rings. The Kier molecular flexibility index (Phi) is 2.86. The molecule has 86 valence electrons. The van der Waals surface area contributed by atoms with Crippen molar-refractivity contribution in [2.75, 3.05) is 18.0 Å². The number of piperidine rings is 1. The molecule has 1 aliphatic carbocycles. The van der Waals surface area contributed by atoms with Crippen LogP contribution >= 0.6 is 0 Å². The van der Waals surface area contributed by atoms with Gasteiger partial charge in [-0.2, -0.15) is 0 Å². The molecule has 1 aromatic rings. The van der Waals surface area contributed by atoms with Gasteiger partial charge in [-0.25, -0.2) is 0 Å². The summed E-state index contributed by atoms with van der Waals surface area (Å²) in [5.74, 6) is 2.01. The summed E-state index contributed by atoms with van der Waals surface area (Å²) in [4.78, 5) is 2.59. The molecule has 0 aromatic heterocycles. The van der Waals surface area contributed by atoms with Gasteiger partial charge in [0.2, 0.25) is 0 Å². The molecule has 2 fully saturated rings. The number of anilines is 1. The standard InChI is InChI=1S/C15H21N/c1-2-8-15(9-3-1)16-11-10-13-6-4-5-7-14(13)12-16/h1-3,8-9,13-14H,4-7,10-12H2/t13-,14-/m1/s1. The number of para-hydroxylation sites is 1. The minimum Gasteiger partial charge on any atom is -0.371 e. The van der Waals surface area contributed by atoms with Gasteiger partial charge in [-0.15, -0.1) is 0 Å². The fourth-order valence-electron chi connectivity index (χ4n) is 3.47. The van der Waals surface area contributed by atoms with E-state index < -0.39 is 0 Å². The molecule has 0 amide bonds. The predicted octanol–water partition coefficient (Wildman–Crippen LogP) is 3.70. The summed E-state index contributed by atoms with van der Waals surface area (Å²) in [6, 6.07) is 10.9. The third kappa shape index (κ3) is 1.95. The topological polar surface area (TPSA) is 3.24 Å². The van der Waals surface area contributed by atoms with E-state index in [1.807, 2.05) is 0 Å². The molecule has 0 radical (unpaired) electrons. The van der Waals surface area contributed by atoms with E-state index in [0.717, 1.165) is 11.8 Å². The van der Waals surface area contributed by atoms with E-state index >= 15 is 0 Å². The molecule has 1 heterocycles. The maximum absolute atomic E-state index is 2.59. The molecular formula is C15H21N. The highest BCUT2D eigenvalue weighted by Gasteiger charge is 2.30. The second kappa shape index (κ2) is 4.48. The van der Waals surface area contributed by atoms with Crippen LogP contribution in [0.2, 0.25) is 0 Å². The van der Waals surface area contributed by atoms with Crippen LogP contribution < -0.4 is 4.90 Å². The van der Waals surface area contributed by atoms with E-state index in [1.54, 1.807) is 0 Å². The largest absolute Gasteiger partial charge is 0.371 e. The minimum absolute atomic E-state index is 0.975. The second-order valence-corrected chi connectivity index (χ2v) is 5.37. The van der Waals surface area contributed by atoms with Crippen molar-refractivity contribution in [1.82, 2.24) is 0 Å². The molecule has 1 heteroatoms. The van der Waals surface area contributed by atoms with Crippen molar-refractivity contribution in [3.05, 3.63) is 30.3 Å². The molecular weight excluding hydrogens is 194 g/mol. The zero-order valence-electron chi connectivity index (χ0n) is 9.94. The van der Waals surface area contributed by atoms with Gasteiger partial charge >= 0.3 is 0 Å². The van der Waals surface area contributed by atoms with Gasteiger partial charge in [-0.05, 0) is 36.8 Å². The normalized spacial score (nSPS) is 29.9. The summed E-state index contributed by atoms with van der Waals surface area (Å²) >= 11 is 0. The number of fused-ring (bicyclic) bond motifs is 1. The van der Waals surface area contributed by atoms with Crippen LogP contribution in [0.1, 0.15) is 32.1 Å². The molecule has 0 bridgehead atoms. The lowest BCUT2D eigenvalue weighted by Crippen LogP contribution is -2.41. The average Bonchev–Trinajstić information content (AvgIpc) is 2.39. The maximum Gasteiger partial charge on any atom is 0.0366 e. The van der Waals surface area contributed by atoms with Gasteiger partial charge in [0, 0.05) is 18.8 Å². The first-order chi connectivity index (χ1) is 7.93. The molecule has 1 saturated heterocycles. The first-order valence-corrected chi connectivity index (χ1v) is 6.73. The van der Waals surface area contributed by atoms with Gasteiger partial charge < -0.3 is 4.90 Å². The molecule has 16 heavy (non-hydrogen) atoms. The van der Waals surface area contributed by atoms with Crippen LogP contribution in [0, 0.1) is 11.8 Å². The van der Waals surface area contributed by atoms with E-state index in [0.29, 0.717) is 0 Å². The highest BCUT2D eigenvalue weighted by Crippen LogP contribution is 2.37. The van der Waals surface area contributed by atoms with Crippen molar-refractivity contribution < 1.29 is 0 Å². The van der Waals surface area contributed by atoms with Crippen LogP contribution in [0.15, 0.2) is 30.3 Å². The lowest BCUT2D eigenvalue weighted by molar-refractivity contribution is 0.202. The van der Waals surface area contributed by atoms with Crippen molar-refractivity contribution in [2.24, 2.45) is 11.8 Å². The SMILES string of the molecule is c1ccc(N2CC[C@H]3CCCC[C@@H]3C2)cc1. The fraction of sp³-hybridized carbons (Fsp3) is 0.600. The van der Waals surface area contributed by atoms with E-state index in [1.165, 1.54) is 50.9 Å². The third-order valence-electron chi connectivity index (χ3n) is 4.41. The van der Waals surface area contributed by atoms with E-state index in [4.69, 9.17) is 0 Å². The Bertz CT molecular complexity index is 333. The van der Waals surface area contributed by atoms with Gasteiger partial charge in [0.15, 0.2) is 0 Å². The Morgan fingerprint density at radius 2 is 1.62 bits per heavy atom. The Labute approximate surface area is 98.5 Å². The molecule has 0 N–H and O–H groups in total. The van der Waals surface area contributed by atoms with Crippen LogP contribution in [0.25, 0.3) is 0 Å². The minimum atomic E-state index is 0.975. The quantitative estimate of drug-likeness (QED) is 0.690. The summed E-state index contributed by atoms with van der Waals surface area (Å²) in [5, 5.41) is 0. The molecule has 0 spiro atoms. The molecule has 1 nitrogen and oxygen atoms in total. The number of benzene rings is 1. The van der Waals surface area contributed by atoms with Crippen molar-refractivity contribution in [2.45, 2.75) is 32.1 Å². The highest BCUT2D eigenvalue weighted by molar-refractivity contribution is 5.46. The molecule has 0 unspecified atom stereocenters. The van der Waals surface area contributed by atoms with Crippen LogP contribution in [0.3, 0.4) is 0 Å². The number of rotatable bonds is 1. The smallest absolute Gasteiger partial charge is 0.0366 e. The zero-order valence-corrected chi connectivity index (χ0v) is 9.94. The van der Waals surface area contributed by atoms with E-state index in [-0.39, 0.29) is 0 Å². The fourth-order valence-corrected chi connectivity index (χ4v) is 3.47. The van der Waals surface area contributed by atoms with Crippen LogP contribution in [0.4, 0.5) is 5.69 Å². The number of hydrogen-bond donors (Lipinski definition) is 0. The molecule has 1 aliphatic heterocycles. The number of hydrogen-bond acceptors (Lipinski definition) is 1. The Hall–Kier alpha value is -0.980. The Morgan fingerprint density at radius 3 is 2.44 bits per heavy atom. The zero-order chi connectivity index (χ0) is 10.8. The van der Waals surface area contributed by atoms with Crippen molar-refractivity contribution in [3.8, 4) is 0 Å². The molecule has 3 rings (SSSR count). The average molecular weight is 215 g/mol. The number of nitrogens with zero attached hydrogens (tertiary/aromatic N) is 1. The summed E-state index contributed by atoms with van der Waals surface area (Å²) in [7, 11) is 0. The van der Waals surface area contributed by atoms with Gasteiger partial charge in [0.1, 0.15) is 0 Å². The third-order valence-corrected chi connectivity index (χ3v) is 4.41. The van der Waals surface area contributed by atoms with E-state index in [9.17, 15) is 0 Å². The first-order valence-electron chi connectivity index (χ1n) is 6.73. The van der Waals surface area contributed by atoms with Crippen molar-refractivity contribution in [3.63, 3.8) is 0 Å². The lowest BCUT2D eigenvalue weighted by atomic mass is 9.75. The van der Waals surface area contributed by atoms with Crippen molar-refractivity contribution in [1.29, 1.82) is 0 Å². The van der Waals surface area contributed by atoms with Gasteiger partial charge in [0.05, 0.1) is 0 Å². The van der Waals surface area contributed by atoms with Crippen LogP contribution in [-0.2, 0) is 0 Å². The Balaban J connectivity index is 1.71. The molecule has 1 aromatic carbocycles. The van der Waals surface area contributed by atoms with Crippen LogP contribution in [-0.4, -0.2) is 13.1 Å². The second-order valence-electron chi connectivity index (χ2n) is 5.37. The Morgan fingerprint density at radius 1 is 0.875 bits per heavy atom. The summed E-state index contributed by atoms with van der Waals surface area (Å²) in [5.41, 5.74) is 1.42. The predicted molar refractivity (Wildman–Crippen MR) is 68.7 cm³/mol. The lowest BCUT2D eigenvalue weighted by Gasteiger charge is -2.42. The van der Waals surface area contributed by atoms with E-state index in [2.05, 4.69) is 35.2 Å². The van der Waals surface area contributed by atoms with Crippen molar-refractivity contribution >= 4 is 5.69 Å². The first kappa shape index (κ1) is 10.2. The van der Waals surface area contributed by atoms with Gasteiger partial charge in [-0.3, -0.25) is 0 Å². The molecule has 1 saturated carbocycles. The monoisotopic (exact) mass is 215 g/mol. The summed E-state index contributed by atoms with van der Waals surface area (Å²) < 4.78 is 0. The highest BCUT2D eigenvalue weighted by atomic mass is 15.1. The summed E-state index contributed by atoms with van der Waals surface area (Å²) in [6.07, 6.45) is 7.32. The van der Waals surface area contributed by atoms with Gasteiger partial charge in [-0.1, -0.05) is 37.5 Å².